The number of aryl methyl sites for hydroxylation is 1. The van der Waals surface area contributed by atoms with E-state index < -0.39 is 0 Å². The van der Waals surface area contributed by atoms with Gasteiger partial charge in [-0.25, -0.2) is 0 Å². The Morgan fingerprint density at radius 2 is 2.17 bits per heavy atom. The number of ether oxygens (including phenoxy) is 1. The summed E-state index contributed by atoms with van der Waals surface area (Å²) in [6, 6.07) is 0.176. The summed E-state index contributed by atoms with van der Waals surface area (Å²) in [6.45, 7) is 1.67. The van der Waals surface area contributed by atoms with Crippen LogP contribution < -0.4 is 10.5 Å². The Balaban J connectivity index is 3.27. The summed E-state index contributed by atoms with van der Waals surface area (Å²) in [5.74, 6) is 0.148. The molecule has 0 unspecified atom stereocenters. The van der Waals surface area contributed by atoms with Crippen molar-refractivity contribution in [2.24, 2.45) is 0 Å². The number of methoxy groups -OCH3 is 1. The molecule has 64 valence electrons. The maximum atomic E-state index is 10.4. The summed E-state index contributed by atoms with van der Waals surface area (Å²) in [6.07, 6.45) is 0.629. The first-order valence-electron chi connectivity index (χ1n) is 3.32. The molecule has 0 aliphatic rings. The summed E-state index contributed by atoms with van der Waals surface area (Å²) in [5, 5.41) is 0. The van der Waals surface area contributed by atoms with E-state index in [0.717, 1.165) is 0 Å². The van der Waals surface area contributed by atoms with Gasteiger partial charge in [-0.3, -0.25) is 4.79 Å². The molecule has 1 aromatic heterocycles. The first-order chi connectivity index (χ1) is 5.69. The van der Waals surface area contributed by atoms with Gasteiger partial charge in [0.1, 0.15) is 5.82 Å². The van der Waals surface area contributed by atoms with Gasteiger partial charge in [-0.2, -0.15) is 9.97 Å². The van der Waals surface area contributed by atoms with Crippen LogP contribution in [0.5, 0.6) is 6.01 Å². The Morgan fingerprint density at radius 1 is 1.50 bits per heavy atom. The number of carbonyl (C=O) groups excluding carboxylic acids is 1. The van der Waals surface area contributed by atoms with Gasteiger partial charge in [-0.15, -0.1) is 0 Å². The standard InChI is InChI=1S/C7H9N3O2/c1-4-5(3-11)6(8)10-7(9-4)12-2/h3H,1-2H3,(H2,8,9,10). The minimum absolute atomic E-state index is 0.148. The van der Waals surface area contributed by atoms with Crippen molar-refractivity contribution in [2.75, 3.05) is 12.8 Å². The van der Waals surface area contributed by atoms with E-state index in [4.69, 9.17) is 10.5 Å². The Bertz CT molecular complexity index is 289. The molecule has 5 heteroatoms. The van der Waals surface area contributed by atoms with E-state index in [1.54, 1.807) is 6.92 Å². The van der Waals surface area contributed by atoms with Crippen molar-refractivity contribution in [1.82, 2.24) is 9.97 Å². The molecule has 0 amide bonds. The maximum absolute atomic E-state index is 10.4. The average molecular weight is 167 g/mol. The van der Waals surface area contributed by atoms with Gasteiger partial charge in [-0.05, 0) is 6.92 Å². The second-order valence-electron chi connectivity index (χ2n) is 2.21. The molecule has 12 heavy (non-hydrogen) atoms. The lowest BCUT2D eigenvalue weighted by Crippen LogP contribution is -2.04. The zero-order valence-electron chi connectivity index (χ0n) is 6.87. The Morgan fingerprint density at radius 3 is 2.58 bits per heavy atom. The second kappa shape index (κ2) is 3.17. The summed E-state index contributed by atoms with van der Waals surface area (Å²) in [5.41, 5.74) is 6.28. The van der Waals surface area contributed by atoms with Crippen molar-refractivity contribution in [1.29, 1.82) is 0 Å². The number of carbonyl (C=O) groups is 1. The lowest BCUT2D eigenvalue weighted by molar-refractivity contribution is 0.112. The molecule has 0 aromatic carbocycles. The number of nitrogen functional groups attached to an aromatic ring is 1. The second-order valence-corrected chi connectivity index (χ2v) is 2.21. The number of aromatic nitrogens is 2. The van der Waals surface area contributed by atoms with Gasteiger partial charge in [-0.1, -0.05) is 0 Å². The quantitative estimate of drug-likeness (QED) is 0.636. The highest BCUT2D eigenvalue weighted by Gasteiger charge is 2.07. The fourth-order valence-corrected chi connectivity index (χ4v) is 0.814. The van der Waals surface area contributed by atoms with E-state index in [1.165, 1.54) is 7.11 Å². The third-order valence-corrected chi connectivity index (χ3v) is 1.45. The molecule has 2 N–H and O–H groups in total. The van der Waals surface area contributed by atoms with E-state index in [2.05, 4.69) is 9.97 Å². The Hall–Kier alpha value is -1.65. The van der Waals surface area contributed by atoms with E-state index in [1.807, 2.05) is 0 Å². The smallest absolute Gasteiger partial charge is 0.318 e. The van der Waals surface area contributed by atoms with E-state index in [9.17, 15) is 4.79 Å². The summed E-state index contributed by atoms with van der Waals surface area (Å²) in [4.78, 5) is 18.1. The molecular weight excluding hydrogens is 158 g/mol. The third kappa shape index (κ3) is 1.34. The van der Waals surface area contributed by atoms with Crippen molar-refractivity contribution >= 4 is 12.1 Å². The normalized spacial score (nSPS) is 9.50. The van der Waals surface area contributed by atoms with Gasteiger partial charge in [0.05, 0.1) is 18.4 Å². The van der Waals surface area contributed by atoms with Crippen LogP contribution in [0.15, 0.2) is 0 Å². The van der Waals surface area contributed by atoms with Gasteiger partial charge < -0.3 is 10.5 Å². The highest BCUT2D eigenvalue weighted by molar-refractivity contribution is 5.82. The van der Waals surface area contributed by atoms with Crippen LogP contribution in [0.2, 0.25) is 0 Å². The van der Waals surface area contributed by atoms with Gasteiger partial charge in [0.2, 0.25) is 0 Å². The summed E-state index contributed by atoms with van der Waals surface area (Å²) in [7, 11) is 1.44. The highest BCUT2D eigenvalue weighted by Crippen LogP contribution is 2.13. The van der Waals surface area contributed by atoms with E-state index in [-0.39, 0.29) is 11.8 Å². The number of hydrogen-bond donors (Lipinski definition) is 1. The number of hydrogen-bond acceptors (Lipinski definition) is 5. The largest absolute Gasteiger partial charge is 0.467 e. The van der Waals surface area contributed by atoms with Crippen molar-refractivity contribution in [3.8, 4) is 6.01 Å². The van der Waals surface area contributed by atoms with Crippen molar-refractivity contribution in [3.05, 3.63) is 11.3 Å². The van der Waals surface area contributed by atoms with Gasteiger partial charge >= 0.3 is 6.01 Å². The highest BCUT2D eigenvalue weighted by atomic mass is 16.5. The fourth-order valence-electron chi connectivity index (χ4n) is 0.814. The van der Waals surface area contributed by atoms with Crippen LogP contribution in [0, 0.1) is 6.92 Å². The van der Waals surface area contributed by atoms with Gasteiger partial charge in [0.15, 0.2) is 6.29 Å². The van der Waals surface area contributed by atoms with Crippen LogP contribution in [0.3, 0.4) is 0 Å². The third-order valence-electron chi connectivity index (χ3n) is 1.45. The molecule has 5 nitrogen and oxygen atoms in total. The predicted octanol–water partition coefficient (Wildman–Crippen LogP) is 0.188. The fraction of sp³-hybridized carbons (Fsp3) is 0.286. The lowest BCUT2D eigenvalue weighted by atomic mass is 10.2. The molecule has 0 fully saturated rings. The molecule has 0 saturated carbocycles. The van der Waals surface area contributed by atoms with Crippen LogP contribution in [0.1, 0.15) is 16.1 Å². The van der Waals surface area contributed by atoms with E-state index >= 15 is 0 Å². The minimum Gasteiger partial charge on any atom is -0.467 e. The molecule has 1 heterocycles. The molecule has 0 spiro atoms. The minimum atomic E-state index is 0.148. The molecule has 0 saturated heterocycles. The van der Waals surface area contributed by atoms with Crippen LogP contribution in [0.25, 0.3) is 0 Å². The van der Waals surface area contributed by atoms with E-state index in [0.29, 0.717) is 17.5 Å². The molecule has 0 aliphatic heterocycles. The number of nitrogens with zero attached hydrogens (tertiary/aromatic N) is 2. The predicted molar refractivity (Wildman–Crippen MR) is 43.1 cm³/mol. The molecule has 0 atom stereocenters. The first-order valence-corrected chi connectivity index (χ1v) is 3.32. The average Bonchev–Trinajstić information content (AvgIpc) is 2.03. The van der Waals surface area contributed by atoms with Crippen LogP contribution in [-0.4, -0.2) is 23.4 Å². The topological polar surface area (TPSA) is 78.1 Å². The monoisotopic (exact) mass is 167 g/mol. The van der Waals surface area contributed by atoms with Gasteiger partial charge in [0, 0.05) is 0 Å². The first kappa shape index (κ1) is 8.45. The van der Waals surface area contributed by atoms with Crippen LogP contribution >= 0.6 is 0 Å². The summed E-state index contributed by atoms with van der Waals surface area (Å²) >= 11 is 0. The molecule has 1 rings (SSSR count). The Labute approximate surface area is 69.6 Å². The van der Waals surface area contributed by atoms with Crippen molar-refractivity contribution < 1.29 is 9.53 Å². The number of anilines is 1. The summed E-state index contributed by atoms with van der Waals surface area (Å²) < 4.78 is 4.76. The number of aldehydes is 1. The van der Waals surface area contributed by atoms with Crippen molar-refractivity contribution in [3.63, 3.8) is 0 Å². The van der Waals surface area contributed by atoms with Crippen LogP contribution in [-0.2, 0) is 0 Å². The molecule has 1 aromatic rings. The van der Waals surface area contributed by atoms with Crippen molar-refractivity contribution in [2.45, 2.75) is 6.92 Å². The molecule has 0 bridgehead atoms. The SMILES string of the molecule is COc1nc(C)c(C=O)c(N)n1. The zero-order valence-corrected chi connectivity index (χ0v) is 6.87. The zero-order chi connectivity index (χ0) is 9.14. The molecule has 0 radical (unpaired) electrons. The molecule has 0 aliphatic carbocycles. The van der Waals surface area contributed by atoms with Crippen LogP contribution in [0.4, 0.5) is 5.82 Å². The lowest BCUT2D eigenvalue weighted by Gasteiger charge is -2.03. The molecular formula is C7H9N3O2. The number of nitrogens with two attached hydrogens (primary N) is 1. The Kier molecular flexibility index (Phi) is 2.23. The van der Waals surface area contributed by atoms with Gasteiger partial charge in [0.25, 0.3) is 0 Å². The maximum Gasteiger partial charge on any atom is 0.318 e. The number of rotatable bonds is 2.